The van der Waals surface area contributed by atoms with Gasteiger partial charge in [-0.15, -0.1) is 0 Å². The van der Waals surface area contributed by atoms with E-state index in [4.69, 9.17) is 4.52 Å². The fourth-order valence-electron chi connectivity index (χ4n) is 1.84. The Labute approximate surface area is 111 Å². The Morgan fingerprint density at radius 1 is 1.06 bits per heavy atom. The third-order valence-electron chi connectivity index (χ3n) is 3.06. The first-order valence-electron chi connectivity index (χ1n) is 6.94. The van der Waals surface area contributed by atoms with Crippen molar-refractivity contribution in [2.75, 3.05) is 12.3 Å². The molecule has 0 atom stereocenters. The SMILES string of the molecule is CCCCP(=O)(CCCC)Oc1ccccc1C. The summed E-state index contributed by atoms with van der Waals surface area (Å²) in [5, 5.41) is 0. The Morgan fingerprint density at radius 2 is 1.61 bits per heavy atom. The van der Waals surface area contributed by atoms with E-state index < -0.39 is 7.37 Å². The Hall–Kier alpha value is -0.750. The summed E-state index contributed by atoms with van der Waals surface area (Å²) in [6.45, 7) is 6.25. The van der Waals surface area contributed by atoms with Crippen LogP contribution in [0, 0.1) is 6.92 Å². The average molecular weight is 268 g/mol. The summed E-state index contributed by atoms with van der Waals surface area (Å²) in [4.78, 5) is 0. The average Bonchev–Trinajstić information content (AvgIpc) is 2.37. The van der Waals surface area contributed by atoms with Gasteiger partial charge in [0, 0.05) is 12.3 Å². The van der Waals surface area contributed by atoms with E-state index in [1.165, 1.54) is 0 Å². The quantitative estimate of drug-likeness (QED) is 0.602. The lowest BCUT2D eigenvalue weighted by Crippen LogP contribution is -2.03. The predicted octanol–water partition coefficient (Wildman–Crippen LogP) is 5.25. The summed E-state index contributed by atoms with van der Waals surface area (Å²) in [5.41, 5.74) is 1.06. The second kappa shape index (κ2) is 7.63. The molecule has 0 heterocycles. The molecule has 102 valence electrons. The third-order valence-corrected chi connectivity index (χ3v) is 5.59. The molecule has 18 heavy (non-hydrogen) atoms. The van der Waals surface area contributed by atoms with Crippen molar-refractivity contribution >= 4 is 7.37 Å². The maximum absolute atomic E-state index is 12.8. The zero-order valence-electron chi connectivity index (χ0n) is 11.8. The van der Waals surface area contributed by atoms with E-state index in [2.05, 4.69) is 13.8 Å². The highest BCUT2D eigenvalue weighted by atomic mass is 31.2. The van der Waals surface area contributed by atoms with Gasteiger partial charge in [-0.1, -0.05) is 44.9 Å². The van der Waals surface area contributed by atoms with Gasteiger partial charge in [0.2, 0.25) is 7.37 Å². The normalized spacial score (nSPS) is 11.5. The molecule has 0 spiro atoms. The van der Waals surface area contributed by atoms with Gasteiger partial charge in [-0.05, 0) is 31.4 Å². The molecule has 0 aliphatic rings. The molecule has 0 unspecified atom stereocenters. The number of hydrogen-bond donors (Lipinski definition) is 0. The van der Waals surface area contributed by atoms with E-state index >= 15 is 0 Å². The number of aryl methyl sites for hydroxylation is 1. The monoisotopic (exact) mass is 268 g/mol. The lowest BCUT2D eigenvalue weighted by Gasteiger charge is -2.20. The van der Waals surface area contributed by atoms with Crippen LogP contribution < -0.4 is 4.52 Å². The molecular formula is C15H25O2P. The van der Waals surface area contributed by atoms with Gasteiger partial charge in [0.15, 0.2) is 0 Å². The summed E-state index contributed by atoms with van der Waals surface area (Å²) in [5.74, 6) is 0.785. The van der Waals surface area contributed by atoms with Crippen LogP contribution in [0.25, 0.3) is 0 Å². The van der Waals surface area contributed by atoms with Crippen LogP contribution in [0.15, 0.2) is 24.3 Å². The highest BCUT2D eigenvalue weighted by Crippen LogP contribution is 2.49. The maximum atomic E-state index is 12.8. The minimum atomic E-state index is -2.50. The van der Waals surface area contributed by atoms with Crippen LogP contribution in [0.2, 0.25) is 0 Å². The van der Waals surface area contributed by atoms with E-state index in [0.29, 0.717) is 12.3 Å². The molecule has 2 nitrogen and oxygen atoms in total. The third kappa shape index (κ3) is 4.86. The number of unbranched alkanes of at least 4 members (excludes halogenated alkanes) is 2. The Kier molecular flexibility index (Phi) is 6.49. The van der Waals surface area contributed by atoms with Crippen molar-refractivity contribution in [3.8, 4) is 5.75 Å². The van der Waals surface area contributed by atoms with Crippen LogP contribution in [-0.4, -0.2) is 12.3 Å². The van der Waals surface area contributed by atoms with Crippen molar-refractivity contribution in [1.29, 1.82) is 0 Å². The number of rotatable bonds is 8. The molecule has 0 aromatic heterocycles. The molecule has 0 amide bonds. The molecule has 1 aromatic rings. The van der Waals surface area contributed by atoms with Crippen LogP contribution in [0.4, 0.5) is 0 Å². The van der Waals surface area contributed by atoms with Crippen molar-refractivity contribution < 1.29 is 9.09 Å². The smallest absolute Gasteiger partial charge is 0.247 e. The fraction of sp³-hybridized carbons (Fsp3) is 0.600. The zero-order chi connectivity index (χ0) is 13.4. The summed E-state index contributed by atoms with van der Waals surface area (Å²) in [6.07, 6.45) is 5.50. The van der Waals surface area contributed by atoms with Crippen molar-refractivity contribution in [2.45, 2.75) is 46.5 Å². The summed E-state index contributed by atoms with van der Waals surface area (Å²) >= 11 is 0. The van der Waals surface area contributed by atoms with Crippen LogP contribution in [0.5, 0.6) is 5.75 Å². The van der Waals surface area contributed by atoms with Crippen molar-refractivity contribution in [1.82, 2.24) is 0 Å². The zero-order valence-corrected chi connectivity index (χ0v) is 12.7. The molecular weight excluding hydrogens is 243 g/mol. The standard InChI is InChI=1S/C15H25O2P/c1-4-6-12-18(16,13-7-5-2)17-15-11-9-8-10-14(15)3/h8-11H,4-7,12-13H2,1-3H3. The minimum Gasteiger partial charge on any atom is -0.443 e. The minimum absolute atomic E-state index is 0.706. The molecule has 0 fully saturated rings. The highest BCUT2D eigenvalue weighted by Gasteiger charge is 2.23. The maximum Gasteiger partial charge on any atom is 0.247 e. The largest absolute Gasteiger partial charge is 0.443 e. The van der Waals surface area contributed by atoms with Gasteiger partial charge in [0.05, 0.1) is 0 Å². The molecule has 0 bridgehead atoms. The van der Waals surface area contributed by atoms with Crippen LogP contribution >= 0.6 is 7.37 Å². The van der Waals surface area contributed by atoms with E-state index in [0.717, 1.165) is 37.0 Å². The van der Waals surface area contributed by atoms with E-state index in [9.17, 15) is 4.57 Å². The molecule has 3 heteroatoms. The number of benzene rings is 1. The van der Waals surface area contributed by atoms with Gasteiger partial charge >= 0.3 is 0 Å². The van der Waals surface area contributed by atoms with Crippen molar-refractivity contribution in [2.24, 2.45) is 0 Å². The molecule has 0 radical (unpaired) electrons. The Balaban J connectivity index is 2.77. The number of para-hydroxylation sites is 1. The van der Waals surface area contributed by atoms with Gasteiger partial charge in [-0.3, -0.25) is 4.57 Å². The molecule has 0 aliphatic heterocycles. The van der Waals surface area contributed by atoms with E-state index in [-0.39, 0.29) is 0 Å². The number of hydrogen-bond acceptors (Lipinski definition) is 2. The topological polar surface area (TPSA) is 26.3 Å². The molecule has 1 rings (SSSR count). The summed E-state index contributed by atoms with van der Waals surface area (Å²) < 4.78 is 18.7. The van der Waals surface area contributed by atoms with Crippen LogP contribution in [0.1, 0.15) is 45.1 Å². The molecule has 1 aromatic carbocycles. The second-order valence-corrected chi connectivity index (χ2v) is 7.53. The van der Waals surface area contributed by atoms with Crippen molar-refractivity contribution in [3.05, 3.63) is 29.8 Å². The predicted molar refractivity (Wildman–Crippen MR) is 79.0 cm³/mol. The van der Waals surface area contributed by atoms with Crippen LogP contribution in [-0.2, 0) is 4.57 Å². The van der Waals surface area contributed by atoms with E-state index in [1.54, 1.807) is 0 Å². The van der Waals surface area contributed by atoms with Gasteiger partial charge in [-0.25, -0.2) is 0 Å². The Morgan fingerprint density at radius 3 is 2.11 bits per heavy atom. The Bertz CT molecular complexity index is 389. The second-order valence-electron chi connectivity index (χ2n) is 4.83. The van der Waals surface area contributed by atoms with Gasteiger partial charge in [0.25, 0.3) is 0 Å². The van der Waals surface area contributed by atoms with Crippen molar-refractivity contribution in [3.63, 3.8) is 0 Å². The van der Waals surface area contributed by atoms with Gasteiger partial charge in [-0.2, -0.15) is 0 Å². The van der Waals surface area contributed by atoms with Crippen LogP contribution in [0.3, 0.4) is 0 Å². The lowest BCUT2D eigenvalue weighted by atomic mass is 10.2. The highest BCUT2D eigenvalue weighted by molar-refractivity contribution is 7.59. The molecule has 0 saturated carbocycles. The first-order chi connectivity index (χ1) is 8.61. The van der Waals surface area contributed by atoms with Gasteiger partial charge in [0.1, 0.15) is 5.75 Å². The molecule has 0 saturated heterocycles. The fourth-order valence-corrected chi connectivity index (χ4v) is 4.40. The first kappa shape index (κ1) is 15.3. The summed E-state index contributed by atoms with van der Waals surface area (Å²) in [7, 11) is -2.50. The first-order valence-corrected chi connectivity index (χ1v) is 8.94. The summed E-state index contributed by atoms with van der Waals surface area (Å²) in [6, 6.07) is 7.83. The molecule has 0 aliphatic carbocycles. The lowest BCUT2D eigenvalue weighted by molar-refractivity contribution is 0.474. The molecule has 0 N–H and O–H groups in total. The van der Waals surface area contributed by atoms with Gasteiger partial charge < -0.3 is 4.52 Å². The van der Waals surface area contributed by atoms with E-state index in [1.807, 2.05) is 31.2 Å².